The molecule has 0 spiro atoms. The van der Waals surface area contributed by atoms with Crippen LogP contribution in [0.4, 0.5) is 5.69 Å². The maximum absolute atomic E-state index is 12.1. The number of hydrogen-bond acceptors (Lipinski definition) is 3. The molecule has 19 heavy (non-hydrogen) atoms. The van der Waals surface area contributed by atoms with E-state index >= 15 is 0 Å². The summed E-state index contributed by atoms with van der Waals surface area (Å²) in [5.41, 5.74) is 1.47. The molecule has 2 heterocycles. The molecule has 1 aromatic carbocycles. The molecular formula is C14H14ClN3O. The molecule has 0 bridgehead atoms. The van der Waals surface area contributed by atoms with Crippen LogP contribution in [0.5, 0.6) is 0 Å². The van der Waals surface area contributed by atoms with Crippen molar-refractivity contribution in [2.45, 2.75) is 18.9 Å². The van der Waals surface area contributed by atoms with E-state index < -0.39 is 0 Å². The number of rotatable bonds is 2. The van der Waals surface area contributed by atoms with Gasteiger partial charge in [0.05, 0.1) is 22.3 Å². The molecule has 0 saturated carbocycles. The maximum Gasteiger partial charge on any atom is 0.241 e. The Labute approximate surface area is 116 Å². The van der Waals surface area contributed by atoms with Crippen LogP contribution in [0.2, 0.25) is 5.02 Å². The SMILES string of the molecule is O=C(Nc1ccc(Cl)c2ncccc12)[C@@H]1CCCN1. The fourth-order valence-electron chi connectivity index (χ4n) is 2.38. The number of carbonyl (C=O) groups is 1. The highest BCUT2D eigenvalue weighted by molar-refractivity contribution is 6.35. The Morgan fingerprint density at radius 1 is 1.42 bits per heavy atom. The maximum atomic E-state index is 12.1. The number of aromatic nitrogens is 1. The van der Waals surface area contributed by atoms with Crippen LogP contribution in [-0.4, -0.2) is 23.5 Å². The Morgan fingerprint density at radius 2 is 2.32 bits per heavy atom. The van der Waals surface area contributed by atoms with Crippen LogP contribution in [0.25, 0.3) is 10.9 Å². The Kier molecular flexibility index (Phi) is 3.36. The van der Waals surface area contributed by atoms with Gasteiger partial charge in [-0.05, 0) is 43.7 Å². The Bertz CT molecular complexity index is 623. The van der Waals surface area contributed by atoms with Crippen LogP contribution < -0.4 is 10.6 Å². The first-order valence-electron chi connectivity index (χ1n) is 6.33. The van der Waals surface area contributed by atoms with Crippen LogP contribution in [0, 0.1) is 0 Å². The van der Waals surface area contributed by atoms with E-state index in [4.69, 9.17) is 11.6 Å². The summed E-state index contributed by atoms with van der Waals surface area (Å²) in [4.78, 5) is 16.4. The van der Waals surface area contributed by atoms with Crippen molar-refractivity contribution >= 4 is 34.1 Å². The molecule has 2 aromatic rings. The molecule has 2 N–H and O–H groups in total. The monoisotopic (exact) mass is 275 g/mol. The van der Waals surface area contributed by atoms with Crippen LogP contribution in [0.1, 0.15) is 12.8 Å². The molecule has 1 aliphatic heterocycles. The summed E-state index contributed by atoms with van der Waals surface area (Å²) in [6.07, 6.45) is 3.62. The Hall–Kier alpha value is -1.65. The molecule has 0 unspecified atom stereocenters. The summed E-state index contributed by atoms with van der Waals surface area (Å²) in [6.45, 7) is 0.904. The zero-order chi connectivity index (χ0) is 13.2. The molecule has 1 saturated heterocycles. The second-order valence-corrected chi connectivity index (χ2v) is 5.04. The van der Waals surface area contributed by atoms with Gasteiger partial charge in [-0.2, -0.15) is 0 Å². The minimum atomic E-state index is -0.0950. The lowest BCUT2D eigenvalue weighted by Gasteiger charge is -2.13. The molecule has 1 atom stereocenters. The van der Waals surface area contributed by atoms with Gasteiger partial charge < -0.3 is 10.6 Å². The van der Waals surface area contributed by atoms with Crippen molar-refractivity contribution in [3.05, 3.63) is 35.5 Å². The predicted octanol–water partition coefficient (Wildman–Crippen LogP) is 2.58. The van der Waals surface area contributed by atoms with Crippen LogP contribution in [0.15, 0.2) is 30.5 Å². The molecule has 3 rings (SSSR count). The van der Waals surface area contributed by atoms with Crippen molar-refractivity contribution in [1.29, 1.82) is 0 Å². The summed E-state index contributed by atoms with van der Waals surface area (Å²) >= 11 is 6.11. The number of pyridine rings is 1. The molecule has 5 heteroatoms. The smallest absolute Gasteiger partial charge is 0.241 e. The number of nitrogens with one attached hydrogen (secondary N) is 2. The van der Waals surface area contributed by atoms with Crippen LogP contribution in [-0.2, 0) is 4.79 Å². The number of amides is 1. The average molecular weight is 276 g/mol. The van der Waals surface area contributed by atoms with Crippen LogP contribution >= 0.6 is 11.6 Å². The van der Waals surface area contributed by atoms with E-state index in [-0.39, 0.29) is 11.9 Å². The second-order valence-electron chi connectivity index (χ2n) is 4.63. The Balaban J connectivity index is 1.92. The minimum Gasteiger partial charge on any atom is -0.324 e. The van der Waals surface area contributed by atoms with Crippen molar-refractivity contribution < 1.29 is 4.79 Å². The lowest BCUT2D eigenvalue weighted by Crippen LogP contribution is -2.35. The first-order valence-corrected chi connectivity index (χ1v) is 6.71. The van der Waals surface area contributed by atoms with Crippen molar-refractivity contribution in [3.63, 3.8) is 0 Å². The highest BCUT2D eigenvalue weighted by atomic mass is 35.5. The normalized spacial score (nSPS) is 18.7. The van der Waals surface area contributed by atoms with Gasteiger partial charge in [0.1, 0.15) is 0 Å². The summed E-state index contributed by atoms with van der Waals surface area (Å²) in [5.74, 6) is 0.00461. The fourth-order valence-corrected chi connectivity index (χ4v) is 2.59. The van der Waals surface area contributed by atoms with E-state index in [1.165, 1.54) is 0 Å². The lowest BCUT2D eigenvalue weighted by molar-refractivity contribution is -0.117. The van der Waals surface area contributed by atoms with E-state index in [0.717, 1.165) is 30.5 Å². The number of fused-ring (bicyclic) bond motifs is 1. The fraction of sp³-hybridized carbons (Fsp3) is 0.286. The van der Waals surface area contributed by atoms with E-state index in [1.807, 2.05) is 18.2 Å². The van der Waals surface area contributed by atoms with Crippen LogP contribution in [0.3, 0.4) is 0 Å². The second kappa shape index (κ2) is 5.15. The molecule has 4 nitrogen and oxygen atoms in total. The number of halogens is 1. The van der Waals surface area contributed by atoms with Gasteiger partial charge in [0, 0.05) is 11.6 Å². The predicted molar refractivity (Wildman–Crippen MR) is 76.4 cm³/mol. The lowest BCUT2D eigenvalue weighted by atomic mass is 10.1. The van der Waals surface area contributed by atoms with Gasteiger partial charge >= 0.3 is 0 Å². The highest BCUT2D eigenvalue weighted by Gasteiger charge is 2.22. The minimum absolute atomic E-state index is 0.00461. The number of carbonyl (C=O) groups excluding carboxylic acids is 1. The first-order chi connectivity index (χ1) is 9.25. The molecule has 1 aromatic heterocycles. The summed E-state index contributed by atoms with van der Waals surface area (Å²) in [5, 5.41) is 7.59. The van der Waals surface area contributed by atoms with Gasteiger partial charge in [0.25, 0.3) is 0 Å². The highest BCUT2D eigenvalue weighted by Crippen LogP contribution is 2.28. The number of hydrogen-bond donors (Lipinski definition) is 2. The van der Waals surface area contributed by atoms with Gasteiger partial charge in [0.15, 0.2) is 0 Å². The zero-order valence-corrected chi connectivity index (χ0v) is 11.1. The van der Waals surface area contributed by atoms with Crippen molar-refractivity contribution in [1.82, 2.24) is 10.3 Å². The van der Waals surface area contributed by atoms with Crippen molar-refractivity contribution in [2.75, 3.05) is 11.9 Å². The number of nitrogens with zero attached hydrogens (tertiary/aromatic N) is 1. The first kappa shape index (κ1) is 12.4. The molecule has 0 aliphatic carbocycles. The third-order valence-electron chi connectivity index (χ3n) is 3.36. The molecule has 98 valence electrons. The van der Waals surface area contributed by atoms with Crippen molar-refractivity contribution in [3.8, 4) is 0 Å². The van der Waals surface area contributed by atoms with Gasteiger partial charge in [-0.25, -0.2) is 0 Å². The number of anilines is 1. The van der Waals surface area contributed by atoms with E-state index in [0.29, 0.717) is 10.5 Å². The number of benzene rings is 1. The molecular weight excluding hydrogens is 262 g/mol. The summed E-state index contributed by atoms with van der Waals surface area (Å²) in [7, 11) is 0. The average Bonchev–Trinajstić information content (AvgIpc) is 2.96. The van der Waals surface area contributed by atoms with E-state index in [1.54, 1.807) is 12.3 Å². The van der Waals surface area contributed by atoms with Gasteiger partial charge in [-0.3, -0.25) is 9.78 Å². The topological polar surface area (TPSA) is 54.0 Å². The van der Waals surface area contributed by atoms with E-state index in [9.17, 15) is 4.79 Å². The third kappa shape index (κ3) is 2.41. The van der Waals surface area contributed by atoms with E-state index in [2.05, 4.69) is 15.6 Å². The molecule has 1 aliphatic rings. The largest absolute Gasteiger partial charge is 0.324 e. The van der Waals surface area contributed by atoms with Gasteiger partial charge in [-0.15, -0.1) is 0 Å². The van der Waals surface area contributed by atoms with Gasteiger partial charge in [-0.1, -0.05) is 11.6 Å². The standard InChI is InChI=1S/C14H14ClN3O/c15-10-5-6-11(9-3-1-8-17-13(9)10)18-14(19)12-4-2-7-16-12/h1,3,5-6,8,12,16H,2,4,7H2,(H,18,19)/t12-/m0/s1. The summed E-state index contributed by atoms with van der Waals surface area (Å²) in [6, 6.07) is 7.23. The zero-order valence-electron chi connectivity index (χ0n) is 10.3. The molecule has 1 amide bonds. The quantitative estimate of drug-likeness (QED) is 0.886. The van der Waals surface area contributed by atoms with Crippen molar-refractivity contribution in [2.24, 2.45) is 0 Å². The molecule has 1 fully saturated rings. The molecule has 0 radical (unpaired) electrons. The van der Waals surface area contributed by atoms with Gasteiger partial charge in [0.2, 0.25) is 5.91 Å². The Morgan fingerprint density at radius 3 is 3.11 bits per heavy atom. The third-order valence-corrected chi connectivity index (χ3v) is 3.66. The summed E-state index contributed by atoms with van der Waals surface area (Å²) < 4.78 is 0.